The maximum atomic E-state index is 11.0. The summed E-state index contributed by atoms with van der Waals surface area (Å²) in [6.07, 6.45) is 0.904. The van der Waals surface area contributed by atoms with Crippen LogP contribution < -0.4 is 4.74 Å². The fraction of sp³-hybridized carbons (Fsp3) is 0.417. The molecule has 0 fully saturated rings. The third-order valence-corrected chi connectivity index (χ3v) is 2.47. The van der Waals surface area contributed by atoms with Crippen LogP contribution in [0.5, 0.6) is 5.75 Å². The molecule has 0 unspecified atom stereocenters. The SMILES string of the molecule is CCOc1ccc(Cl)cc1C(C)(C)C=O. The van der Waals surface area contributed by atoms with Crippen molar-refractivity contribution in [2.75, 3.05) is 6.61 Å². The standard InChI is InChI=1S/C12H15ClO2/c1-4-15-11-6-5-9(13)7-10(11)12(2,3)8-14/h5-8H,4H2,1-3H3. The van der Waals surface area contributed by atoms with Gasteiger partial charge in [0.1, 0.15) is 12.0 Å². The van der Waals surface area contributed by atoms with Gasteiger partial charge in [-0.15, -0.1) is 0 Å². The van der Waals surface area contributed by atoms with Gasteiger partial charge in [-0.1, -0.05) is 11.6 Å². The molecule has 0 bridgehead atoms. The Kier molecular flexibility index (Phi) is 3.75. The first-order valence-corrected chi connectivity index (χ1v) is 5.28. The highest BCUT2D eigenvalue weighted by molar-refractivity contribution is 6.30. The predicted octanol–water partition coefficient (Wildman–Crippen LogP) is 3.22. The topological polar surface area (TPSA) is 26.3 Å². The molecular weight excluding hydrogens is 212 g/mol. The summed E-state index contributed by atoms with van der Waals surface area (Å²) in [4.78, 5) is 11.0. The van der Waals surface area contributed by atoms with Crippen molar-refractivity contribution < 1.29 is 9.53 Å². The average Bonchev–Trinajstić information content (AvgIpc) is 2.21. The number of carbonyl (C=O) groups is 1. The van der Waals surface area contributed by atoms with Crippen molar-refractivity contribution in [2.45, 2.75) is 26.2 Å². The van der Waals surface area contributed by atoms with Crippen LogP contribution >= 0.6 is 11.6 Å². The second kappa shape index (κ2) is 4.67. The predicted molar refractivity (Wildman–Crippen MR) is 61.7 cm³/mol. The first-order chi connectivity index (χ1) is 7.01. The smallest absolute Gasteiger partial charge is 0.130 e. The van der Waals surface area contributed by atoms with E-state index in [-0.39, 0.29) is 0 Å². The molecule has 0 aliphatic carbocycles. The lowest BCUT2D eigenvalue weighted by atomic mass is 9.86. The summed E-state index contributed by atoms with van der Waals surface area (Å²) in [5.41, 5.74) is 0.252. The van der Waals surface area contributed by atoms with Crippen molar-refractivity contribution in [3.05, 3.63) is 28.8 Å². The summed E-state index contributed by atoms with van der Waals surface area (Å²) >= 11 is 5.91. The van der Waals surface area contributed by atoms with Gasteiger partial charge in [0.15, 0.2) is 0 Å². The van der Waals surface area contributed by atoms with E-state index in [2.05, 4.69) is 0 Å². The van der Waals surface area contributed by atoms with Crippen LogP contribution in [-0.4, -0.2) is 12.9 Å². The molecule has 0 aromatic heterocycles. The second-order valence-corrected chi connectivity index (χ2v) is 4.35. The Balaban J connectivity index is 3.23. The van der Waals surface area contributed by atoms with Crippen LogP contribution in [0.4, 0.5) is 0 Å². The highest BCUT2D eigenvalue weighted by Gasteiger charge is 2.24. The molecule has 2 nitrogen and oxygen atoms in total. The number of halogens is 1. The number of ether oxygens (including phenoxy) is 1. The maximum absolute atomic E-state index is 11.0. The van der Waals surface area contributed by atoms with Gasteiger partial charge in [0.25, 0.3) is 0 Å². The number of hydrogen-bond acceptors (Lipinski definition) is 2. The van der Waals surface area contributed by atoms with E-state index in [1.54, 1.807) is 18.2 Å². The number of aldehydes is 1. The lowest BCUT2D eigenvalue weighted by Gasteiger charge is -2.21. The van der Waals surface area contributed by atoms with Crippen LogP contribution in [0, 0.1) is 0 Å². The summed E-state index contributed by atoms with van der Waals surface area (Å²) < 4.78 is 5.46. The fourth-order valence-corrected chi connectivity index (χ4v) is 1.52. The normalized spacial score (nSPS) is 11.2. The first-order valence-electron chi connectivity index (χ1n) is 4.90. The highest BCUT2D eigenvalue weighted by Crippen LogP contribution is 2.32. The zero-order valence-corrected chi connectivity index (χ0v) is 9.97. The first kappa shape index (κ1) is 12.1. The molecular formula is C12H15ClO2. The van der Waals surface area contributed by atoms with E-state index in [1.807, 2.05) is 20.8 Å². The van der Waals surface area contributed by atoms with Gasteiger partial charge in [-0.25, -0.2) is 0 Å². The van der Waals surface area contributed by atoms with Crippen LogP contribution in [0.15, 0.2) is 18.2 Å². The lowest BCUT2D eigenvalue weighted by Crippen LogP contribution is -2.20. The molecule has 0 aliphatic rings. The molecule has 0 heterocycles. The fourth-order valence-electron chi connectivity index (χ4n) is 1.35. The summed E-state index contributed by atoms with van der Waals surface area (Å²) in [5, 5.41) is 0.614. The van der Waals surface area contributed by atoms with E-state index < -0.39 is 5.41 Å². The van der Waals surface area contributed by atoms with E-state index in [0.717, 1.165) is 17.6 Å². The molecule has 0 aliphatic heterocycles. The zero-order chi connectivity index (χ0) is 11.5. The van der Waals surface area contributed by atoms with E-state index in [1.165, 1.54) is 0 Å². The molecule has 82 valence electrons. The third kappa shape index (κ3) is 2.72. The number of carbonyl (C=O) groups excluding carboxylic acids is 1. The summed E-state index contributed by atoms with van der Waals surface area (Å²) in [5.74, 6) is 0.721. The molecule has 0 saturated carbocycles. The van der Waals surface area contributed by atoms with Gasteiger partial charge >= 0.3 is 0 Å². The number of benzene rings is 1. The van der Waals surface area contributed by atoms with Gasteiger partial charge < -0.3 is 9.53 Å². The number of rotatable bonds is 4. The van der Waals surface area contributed by atoms with E-state index in [4.69, 9.17) is 16.3 Å². The number of hydrogen-bond donors (Lipinski definition) is 0. The monoisotopic (exact) mass is 226 g/mol. The van der Waals surface area contributed by atoms with Gasteiger partial charge in [0, 0.05) is 16.0 Å². The van der Waals surface area contributed by atoms with Crippen LogP contribution in [0.1, 0.15) is 26.3 Å². The van der Waals surface area contributed by atoms with Crippen LogP contribution in [0.2, 0.25) is 5.02 Å². The van der Waals surface area contributed by atoms with E-state index in [0.29, 0.717) is 11.6 Å². The van der Waals surface area contributed by atoms with E-state index >= 15 is 0 Å². The summed E-state index contributed by atoms with van der Waals surface area (Å²) in [7, 11) is 0. The zero-order valence-electron chi connectivity index (χ0n) is 9.21. The third-order valence-electron chi connectivity index (χ3n) is 2.23. The Hall–Kier alpha value is -1.02. The van der Waals surface area contributed by atoms with Crippen molar-refractivity contribution in [3.8, 4) is 5.75 Å². The molecule has 1 aromatic rings. The second-order valence-electron chi connectivity index (χ2n) is 3.91. The summed E-state index contributed by atoms with van der Waals surface area (Å²) in [6.45, 7) is 6.16. The van der Waals surface area contributed by atoms with Crippen molar-refractivity contribution in [1.82, 2.24) is 0 Å². The molecule has 0 saturated heterocycles. The minimum atomic E-state index is -0.574. The Labute approximate surface area is 95.2 Å². The van der Waals surface area contributed by atoms with Gasteiger partial charge in [-0.05, 0) is 39.0 Å². The average molecular weight is 227 g/mol. The van der Waals surface area contributed by atoms with Gasteiger partial charge in [-0.3, -0.25) is 0 Å². The quantitative estimate of drug-likeness (QED) is 0.737. The minimum absolute atomic E-state index is 0.573. The Morgan fingerprint density at radius 2 is 2.13 bits per heavy atom. The molecule has 0 radical (unpaired) electrons. The van der Waals surface area contributed by atoms with Gasteiger partial charge in [-0.2, -0.15) is 0 Å². The van der Waals surface area contributed by atoms with Crippen LogP contribution in [0.25, 0.3) is 0 Å². The highest BCUT2D eigenvalue weighted by atomic mass is 35.5. The largest absolute Gasteiger partial charge is 0.494 e. The Morgan fingerprint density at radius 1 is 1.47 bits per heavy atom. The molecule has 0 spiro atoms. The molecule has 15 heavy (non-hydrogen) atoms. The van der Waals surface area contributed by atoms with Gasteiger partial charge in [0.2, 0.25) is 0 Å². The molecule has 1 aromatic carbocycles. The van der Waals surface area contributed by atoms with Crippen LogP contribution in [-0.2, 0) is 10.2 Å². The molecule has 3 heteroatoms. The van der Waals surface area contributed by atoms with E-state index in [9.17, 15) is 4.79 Å². The van der Waals surface area contributed by atoms with Gasteiger partial charge in [0.05, 0.1) is 6.61 Å². The molecule has 0 N–H and O–H groups in total. The van der Waals surface area contributed by atoms with Crippen molar-refractivity contribution in [3.63, 3.8) is 0 Å². The Morgan fingerprint density at radius 3 is 2.67 bits per heavy atom. The molecule has 0 atom stereocenters. The minimum Gasteiger partial charge on any atom is -0.494 e. The molecule has 1 rings (SSSR count). The van der Waals surface area contributed by atoms with Crippen molar-refractivity contribution in [1.29, 1.82) is 0 Å². The van der Waals surface area contributed by atoms with Crippen LogP contribution in [0.3, 0.4) is 0 Å². The van der Waals surface area contributed by atoms with Crippen molar-refractivity contribution >= 4 is 17.9 Å². The molecule has 0 amide bonds. The maximum Gasteiger partial charge on any atom is 0.130 e. The Bertz CT molecular complexity index is 359. The lowest BCUT2D eigenvalue weighted by molar-refractivity contribution is -0.111. The van der Waals surface area contributed by atoms with Crippen molar-refractivity contribution in [2.24, 2.45) is 0 Å². The summed E-state index contributed by atoms with van der Waals surface area (Å²) in [6, 6.07) is 5.34.